The van der Waals surface area contributed by atoms with Gasteiger partial charge >= 0.3 is 5.97 Å². The molecule has 0 unspecified atom stereocenters. The minimum absolute atomic E-state index is 0.0724. The Balaban J connectivity index is 1.47. The molecule has 3 heterocycles. The normalized spacial score (nSPS) is 17.2. The molecule has 0 radical (unpaired) electrons. The molecular weight excluding hydrogens is 494 g/mol. The highest BCUT2D eigenvalue weighted by atomic mass is 32.1. The van der Waals surface area contributed by atoms with Gasteiger partial charge in [0.15, 0.2) is 18.0 Å². The average molecular weight is 516 g/mol. The molecule has 188 valence electrons. The van der Waals surface area contributed by atoms with Crippen LogP contribution >= 0.6 is 11.3 Å². The molecule has 4 rings (SSSR count). The van der Waals surface area contributed by atoms with E-state index in [9.17, 15) is 24.5 Å². The van der Waals surface area contributed by atoms with Crippen LogP contribution in [0, 0.1) is 10.1 Å². The van der Waals surface area contributed by atoms with E-state index in [1.54, 1.807) is 17.8 Å². The molecule has 1 fully saturated rings. The minimum atomic E-state index is -1.04. The van der Waals surface area contributed by atoms with Gasteiger partial charge in [-0.15, -0.1) is 16.4 Å². The Bertz CT molecular complexity index is 1260. The van der Waals surface area contributed by atoms with Crippen molar-refractivity contribution >= 4 is 40.6 Å². The lowest BCUT2D eigenvalue weighted by Crippen LogP contribution is -2.50. The monoisotopic (exact) mass is 515 g/mol. The number of epoxide rings is 1. The van der Waals surface area contributed by atoms with Gasteiger partial charge in [-0.05, 0) is 19.1 Å². The Morgan fingerprint density at radius 3 is 2.69 bits per heavy atom. The van der Waals surface area contributed by atoms with Crippen molar-refractivity contribution in [1.82, 2.24) is 25.3 Å². The number of nitro benzene ring substituents is 1. The van der Waals surface area contributed by atoms with Crippen LogP contribution < -0.4 is 10.2 Å². The number of anilines is 1. The smallest absolute Gasteiger partial charge is 0.338 e. The number of amides is 2. The van der Waals surface area contributed by atoms with Gasteiger partial charge in [-0.2, -0.15) is 0 Å². The number of ether oxygens (including phenoxy) is 2. The maximum Gasteiger partial charge on any atom is 0.338 e. The zero-order chi connectivity index (χ0) is 25.8. The molecule has 1 aromatic carbocycles. The maximum atomic E-state index is 13.3. The molecule has 15 heteroatoms. The number of nitrogens with one attached hydrogen (secondary N) is 1. The van der Waals surface area contributed by atoms with Gasteiger partial charge in [0.25, 0.3) is 17.5 Å². The van der Waals surface area contributed by atoms with E-state index < -0.39 is 41.0 Å². The molecule has 0 saturated carbocycles. The molecule has 14 nitrogen and oxygen atoms in total. The first-order valence-corrected chi connectivity index (χ1v) is 11.7. The zero-order valence-electron chi connectivity index (χ0n) is 19.1. The molecule has 0 aliphatic carbocycles. The number of hydrogen-bond acceptors (Lipinski definition) is 11. The van der Waals surface area contributed by atoms with Crippen LogP contribution in [-0.4, -0.2) is 74.6 Å². The second-order valence-electron chi connectivity index (χ2n) is 7.67. The van der Waals surface area contributed by atoms with Gasteiger partial charge in [0.1, 0.15) is 6.04 Å². The molecule has 1 aliphatic rings. The summed E-state index contributed by atoms with van der Waals surface area (Å²) >= 11 is 1.35. The van der Waals surface area contributed by atoms with E-state index in [4.69, 9.17) is 9.47 Å². The lowest BCUT2D eigenvalue weighted by molar-refractivity contribution is -0.384. The highest BCUT2D eigenvalue weighted by Gasteiger charge is 2.52. The van der Waals surface area contributed by atoms with E-state index >= 15 is 0 Å². The second-order valence-corrected chi connectivity index (χ2v) is 8.39. The van der Waals surface area contributed by atoms with Crippen molar-refractivity contribution in [2.75, 3.05) is 18.6 Å². The van der Waals surface area contributed by atoms with Crippen LogP contribution in [0.4, 0.5) is 11.5 Å². The SMILES string of the molecule is CCOC(=O)[C@H]1O[C@@H]1C(=O)N[C@@H](Cc1cscn1)C(=O)N(C)c1cn(-c2ccc([N+](=O)[O-])cc2)nn1. The summed E-state index contributed by atoms with van der Waals surface area (Å²) in [5.74, 6) is -1.58. The standard InChI is InChI=1S/C21H21N7O7S/c1-3-34-21(31)18-17(35-18)19(29)23-15(8-12-10-36-11-22-12)20(30)26(2)16-9-27(25-24-16)13-4-6-14(7-5-13)28(32)33/h4-7,9-11,15,17-18H,3,8H2,1-2H3,(H,23,29)/t15-,17-,18-/m0/s1. The number of thiazole rings is 1. The van der Waals surface area contributed by atoms with Crippen molar-refractivity contribution in [3.05, 3.63) is 57.2 Å². The summed E-state index contributed by atoms with van der Waals surface area (Å²) < 4.78 is 11.4. The number of esters is 1. The van der Waals surface area contributed by atoms with Crippen LogP contribution in [0.2, 0.25) is 0 Å². The van der Waals surface area contributed by atoms with Gasteiger partial charge in [0.2, 0.25) is 0 Å². The van der Waals surface area contributed by atoms with Crippen LogP contribution in [0.25, 0.3) is 5.69 Å². The lowest BCUT2D eigenvalue weighted by atomic mass is 10.1. The van der Waals surface area contributed by atoms with Gasteiger partial charge < -0.3 is 14.8 Å². The second kappa shape index (κ2) is 10.6. The quantitative estimate of drug-likeness (QED) is 0.175. The number of non-ortho nitro benzene ring substituents is 1. The van der Waals surface area contributed by atoms with E-state index in [0.717, 1.165) is 0 Å². The Morgan fingerprint density at radius 1 is 1.31 bits per heavy atom. The van der Waals surface area contributed by atoms with Gasteiger partial charge in [0, 0.05) is 31.0 Å². The van der Waals surface area contributed by atoms with Crippen LogP contribution in [0.3, 0.4) is 0 Å². The molecule has 36 heavy (non-hydrogen) atoms. The van der Waals surface area contributed by atoms with E-state index in [0.29, 0.717) is 11.4 Å². The van der Waals surface area contributed by atoms with Crippen LogP contribution in [-0.2, 0) is 30.3 Å². The molecule has 1 N–H and O–H groups in total. The molecule has 2 aromatic heterocycles. The molecular formula is C21H21N7O7S. The molecule has 3 aromatic rings. The Hall–Kier alpha value is -4.24. The fraction of sp³-hybridized carbons (Fsp3) is 0.333. The van der Waals surface area contributed by atoms with Crippen molar-refractivity contribution in [1.29, 1.82) is 0 Å². The highest BCUT2D eigenvalue weighted by molar-refractivity contribution is 7.07. The number of likely N-dealkylation sites (N-methyl/N-ethyl adjacent to an activating group) is 1. The van der Waals surface area contributed by atoms with Crippen molar-refractivity contribution in [3.8, 4) is 5.69 Å². The van der Waals surface area contributed by atoms with E-state index in [-0.39, 0.29) is 24.5 Å². The molecule has 0 spiro atoms. The topological polar surface area (TPSA) is 175 Å². The summed E-state index contributed by atoms with van der Waals surface area (Å²) in [5.41, 5.74) is 2.64. The summed E-state index contributed by atoms with van der Waals surface area (Å²) in [6.07, 6.45) is -0.463. The number of carbonyl (C=O) groups excluding carboxylic acids is 3. The first-order chi connectivity index (χ1) is 17.3. The predicted octanol–water partition coefficient (Wildman–Crippen LogP) is 0.653. The van der Waals surface area contributed by atoms with Crippen LogP contribution in [0.15, 0.2) is 41.4 Å². The summed E-state index contributed by atoms with van der Waals surface area (Å²) in [7, 11) is 1.47. The minimum Gasteiger partial charge on any atom is -0.464 e. The number of rotatable bonds is 10. The largest absolute Gasteiger partial charge is 0.464 e. The van der Waals surface area contributed by atoms with Gasteiger partial charge in [-0.1, -0.05) is 5.21 Å². The number of nitro groups is 1. The van der Waals surface area contributed by atoms with Crippen molar-refractivity contribution < 1.29 is 28.8 Å². The Morgan fingerprint density at radius 2 is 2.06 bits per heavy atom. The predicted molar refractivity (Wildman–Crippen MR) is 124 cm³/mol. The highest BCUT2D eigenvalue weighted by Crippen LogP contribution is 2.24. The Kier molecular flexibility index (Phi) is 7.30. The van der Waals surface area contributed by atoms with E-state index in [1.807, 2.05) is 0 Å². The third kappa shape index (κ3) is 5.52. The average Bonchev–Trinajstić information content (AvgIpc) is 3.24. The van der Waals surface area contributed by atoms with Crippen LogP contribution in [0.5, 0.6) is 0 Å². The zero-order valence-corrected chi connectivity index (χ0v) is 20.0. The number of carbonyl (C=O) groups is 3. The first kappa shape index (κ1) is 24.9. The summed E-state index contributed by atoms with van der Waals surface area (Å²) in [4.78, 5) is 53.6. The number of benzene rings is 1. The first-order valence-electron chi connectivity index (χ1n) is 10.7. The third-order valence-corrected chi connectivity index (χ3v) is 5.90. The van der Waals surface area contributed by atoms with Crippen molar-refractivity contribution in [3.63, 3.8) is 0 Å². The number of aromatic nitrogens is 4. The summed E-state index contributed by atoms with van der Waals surface area (Å²) in [6.45, 7) is 1.80. The third-order valence-electron chi connectivity index (χ3n) is 5.26. The van der Waals surface area contributed by atoms with Gasteiger partial charge in [-0.3, -0.25) is 24.6 Å². The molecule has 3 atom stereocenters. The lowest BCUT2D eigenvalue weighted by Gasteiger charge is -2.22. The van der Waals surface area contributed by atoms with Gasteiger partial charge in [-0.25, -0.2) is 14.5 Å². The van der Waals surface area contributed by atoms with Crippen molar-refractivity contribution in [2.45, 2.75) is 31.6 Å². The summed E-state index contributed by atoms with van der Waals surface area (Å²) in [5, 5.41) is 23.2. The molecule has 1 aliphatic heterocycles. The maximum absolute atomic E-state index is 13.3. The van der Waals surface area contributed by atoms with E-state index in [2.05, 4.69) is 20.6 Å². The number of nitrogens with zero attached hydrogens (tertiary/aromatic N) is 6. The van der Waals surface area contributed by atoms with E-state index in [1.165, 1.54) is 58.4 Å². The summed E-state index contributed by atoms with van der Waals surface area (Å²) in [6, 6.07) is 4.63. The van der Waals surface area contributed by atoms with Crippen LogP contribution in [0.1, 0.15) is 12.6 Å². The fourth-order valence-corrected chi connectivity index (χ4v) is 3.90. The number of hydrogen-bond donors (Lipinski definition) is 1. The molecule has 1 saturated heterocycles. The Labute approximate surface area is 208 Å². The molecule has 2 amide bonds. The fourth-order valence-electron chi connectivity index (χ4n) is 3.33. The van der Waals surface area contributed by atoms with Gasteiger partial charge in [0.05, 0.1) is 34.6 Å². The molecule has 0 bridgehead atoms. The van der Waals surface area contributed by atoms with Crippen molar-refractivity contribution in [2.24, 2.45) is 0 Å².